The molecule has 1 N–H and O–H groups in total. The van der Waals surface area contributed by atoms with Crippen LogP contribution in [0.2, 0.25) is 0 Å². The number of benzene rings is 1. The van der Waals surface area contributed by atoms with E-state index in [1.807, 2.05) is 0 Å². The van der Waals surface area contributed by atoms with Crippen molar-refractivity contribution in [3.63, 3.8) is 0 Å². The first-order valence-corrected chi connectivity index (χ1v) is 8.55. The first kappa shape index (κ1) is 17.0. The number of nitrogens with zero attached hydrogens (tertiary/aromatic N) is 2. The molecule has 1 aromatic carbocycles. The van der Waals surface area contributed by atoms with Crippen molar-refractivity contribution in [3.05, 3.63) is 53.5 Å². The number of hydrogen-bond donors (Lipinski definition) is 1. The summed E-state index contributed by atoms with van der Waals surface area (Å²) in [6.07, 6.45) is 3.42. The zero-order valence-electron chi connectivity index (χ0n) is 14.3. The molecule has 0 saturated carbocycles. The molecule has 0 bridgehead atoms. The molecule has 4 amide bonds. The highest BCUT2D eigenvalue weighted by molar-refractivity contribution is 6.39. The van der Waals surface area contributed by atoms with Gasteiger partial charge in [0.1, 0.15) is 17.2 Å². The molecule has 2 saturated heterocycles. The minimum Gasteiger partial charge on any atom is -0.441 e. The van der Waals surface area contributed by atoms with Crippen LogP contribution in [0.4, 0.5) is 20.8 Å². The van der Waals surface area contributed by atoms with Crippen molar-refractivity contribution >= 4 is 35.5 Å². The molecule has 27 heavy (non-hydrogen) atoms. The standard InChI is InChI=1S/C19H16FN3O4/c20-14-5-1-2-6-15(14)23-18(25)13(17(24)21-19(23)26)11-12-7-8-16(27-12)22-9-3-4-10-22/h1-2,5-8,11H,3-4,9-10H2,(H,21,24,26). The first-order chi connectivity index (χ1) is 13.0. The number of carbonyl (C=O) groups is 3. The Morgan fingerprint density at radius 2 is 1.78 bits per heavy atom. The van der Waals surface area contributed by atoms with E-state index < -0.39 is 23.7 Å². The van der Waals surface area contributed by atoms with Gasteiger partial charge in [0.15, 0.2) is 5.88 Å². The number of rotatable bonds is 3. The quantitative estimate of drug-likeness (QED) is 0.664. The summed E-state index contributed by atoms with van der Waals surface area (Å²) in [6.45, 7) is 1.77. The fraction of sp³-hybridized carbons (Fsp3) is 0.211. The van der Waals surface area contributed by atoms with Gasteiger partial charge < -0.3 is 9.32 Å². The van der Waals surface area contributed by atoms with Crippen LogP contribution < -0.4 is 15.1 Å². The molecule has 8 heteroatoms. The van der Waals surface area contributed by atoms with E-state index in [2.05, 4.69) is 10.2 Å². The van der Waals surface area contributed by atoms with Crippen molar-refractivity contribution in [1.29, 1.82) is 0 Å². The molecule has 7 nitrogen and oxygen atoms in total. The zero-order valence-corrected chi connectivity index (χ0v) is 14.3. The Hall–Kier alpha value is -3.42. The Morgan fingerprint density at radius 3 is 2.52 bits per heavy atom. The SMILES string of the molecule is O=C1NC(=O)N(c2ccccc2F)C(=O)C1=Cc1ccc(N2CCCC2)o1. The van der Waals surface area contributed by atoms with Crippen molar-refractivity contribution in [2.45, 2.75) is 12.8 Å². The number of para-hydroxylation sites is 1. The summed E-state index contributed by atoms with van der Waals surface area (Å²) in [5, 5.41) is 2.06. The number of amides is 4. The second-order valence-electron chi connectivity index (χ2n) is 6.28. The minimum absolute atomic E-state index is 0.226. The Balaban J connectivity index is 1.66. The third kappa shape index (κ3) is 3.10. The molecule has 4 rings (SSSR count). The van der Waals surface area contributed by atoms with Gasteiger partial charge in [-0.15, -0.1) is 0 Å². The van der Waals surface area contributed by atoms with Crippen LogP contribution in [0.15, 0.2) is 46.4 Å². The summed E-state index contributed by atoms with van der Waals surface area (Å²) >= 11 is 0. The van der Waals surface area contributed by atoms with Crippen LogP contribution in [0.3, 0.4) is 0 Å². The van der Waals surface area contributed by atoms with E-state index in [1.54, 1.807) is 12.1 Å². The van der Waals surface area contributed by atoms with Gasteiger partial charge in [0.2, 0.25) is 0 Å². The molecule has 2 aliphatic heterocycles. The second kappa shape index (κ2) is 6.71. The highest BCUT2D eigenvalue weighted by Crippen LogP contribution is 2.27. The van der Waals surface area contributed by atoms with E-state index in [0.717, 1.165) is 32.0 Å². The second-order valence-corrected chi connectivity index (χ2v) is 6.28. The van der Waals surface area contributed by atoms with Crippen LogP contribution in [0.5, 0.6) is 0 Å². The number of imide groups is 2. The largest absolute Gasteiger partial charge is 0.441 e. The summed E-state index contributed by atoms with van der Waals surface area (Å²) in [7, 11) is 0. The number of barbiturate groups is 1. The maximum absolute atomic E-state index is 14.0. The van der Waals surface area contributed by atoms with Gasteiger partial charge in [-0.05, 0) is 37.1 Å². The number of nitrogens with one attached hydrogen (secondary N) is 1. The van der Waals surface area contributed by atoms with E-state index in [-0.39, 0.29) is 11.3 Å². The highest BCUT2D eigenvalue weighted by Gasteiger charge is 2.38. The fourth-order valence-electron chi connectivity index (χ4n) is 3.18. The highest BCUT2D eigenvalue weighted by atomic mass is 19.1. The molecular formula is C19H16FN3O4. The third-order valence-electron chi connectivity index (χ3n) is 4.51. The molecule has 2 aromatic rings. The van der Waals surface area contributed by atoms with E-state index >= 15 is 0 Å². The fourth-order valence-corrected chi connectivity index (χ4v) is 3.18. The molecule has 0 spiro atoms. The molecule has 2 aliphatic rings. The summed E-state index contributed by atoms with van der Waals surface area (Å²) < 4.78 is 19.7. The molecule has 2 fully saturated rings. The van der Waals surface area contributed by atoms with Crippen LogP contribution in [0, 0.1) is 5.82 Å². The van der Waals surface area contributed by atoms with Crippen LogP contribution in [-0.4, -0.2) is 30.9 Å². The molecule has 0 aliphatic carbocycles. The maximum Gasteiger partial charge on any atom is 0.336 e. The summed E-state index contributed by atoms with van der Waals surface area (Å²) in [6, 6.07) is 7.77. The van der Waals surface area contributed by atoms with Crippen LogP contribution in [0.1, 0.15) is 18.6 Å². The van der Waals surface area contributed by atoms with Gasteiger partial charge in [0, 0.05) is 19.2 Å². The zero-order chi connectivity index (χ0) is 19.0. The smallest absolute Gasteiger partial charge is 0.336 e. The maximum atomic E-state index is 14.0. The molecule has 138 valence electrons. The van der Waals surface area contributed by atoms with Crippen molar-refractivity contribution in [3.8, 4) is 0 Å². The normalized spacial score (nSPS) is 19.1. The van der Waals surface area contributed by atoms with Crippen molar-refractivity contribution in [2.24, 2.45) is 0 Å². The van der Waals surface area contributed by atoms with Gasteiger partial charge in [-0.2, -0.15) is 0 Å². The third-order valence-corrected chi connectivity index (χ3v) is 4.51. The molecule has 1 aromatic heterocycles. The average Bonchev–Trinajstić information content (AvgIpc) is 3.31. The lowest BCUT2D eigenvalue weighted by molar-refractivity contribution is -0.122. The molecular weight excluding hydrogens is 353 g/mol. The van der Waals surface area contributed by atoms with E-state index in [4.69, 9.17) is 4.42 Å². The molecule has 3 heterocycles. The van der Waals surface area contributed by atoms with E-state index in [9.17, 15) is 18.8 Å². The number of carbonyl (C=O) groups excluding carboxylic acids is 3. The van der Waals surface area contributed by atoms with E-state index in [1.165, 1.54) is 24.3 Å². The predicted molar refractivity (Wildman–Crippen MR) is 95.6 cm³/mol. The topological polar surface area (TPSA) is 82.9 Å². The summed E-state index contributed by atoms with van der Waals surface area (Å²) in [5.74, 6) is -1.54. The van der Waals surface area contributed by atoms with Gasteiger partial charge in [-0.25, -0.2) is 14.1 Å². The Labute approximate surface area is 154 Å². The number of anilines is 2. The summed E-state index contributed by atoms with van der Waals surface area (Å²) in [5.41, 5.74) is -0.532. The van der Waals surface area contributed by atoms with Gasteiger partial charge in [-0.1, -0.05) is 12.1 Å². The number of halogens is 1. The van der Waals surface area contributed by atoms with Gasteiger partial charge in [0.25, 0.3) is 11.8 Å². The van der Waals surface area contributed by atoms with Crippen LogP contribution >= 0.6 is 0 Å². The lowest BCUT2D eigenvalue weighted by atomic mass is 10.1. The Bertz CT molecular complexity index is 959. The van der Waals surface area contributed by atoms with Crippen molar-refractivity contribution in [1.82, 2.24) is 5.32 Å². The van der Waals surface area contributed by atoms with E-state index in [0.29, 0.717) is 16.5 Å². The Kier molecular flexibility index (Phi) is 4.23. The number of furan rings is 1. The molecule has 0 unspecified atom stereocenters. The lowest BCUT2D eigenvalue weighted by Crippen LogP contribution is -2.54. The van der Waals surface area contributed by atoms with Gasteiger partial charge >= 0.3 is 6.03 Å². The monoisotopic (exact) mass is 369 g/mol. The van der Waals surface area contributed by atoms with Gasteiger partial charge in [0.05, 0.1) is 5.69 Å². The predicted octanol–water partition coefficient (Wildman–Crippen LogP) is 2.69. The van der Waals surface area contributed by atoms with Crippen molar-refractivity contribution in [2.75, 3.05) is 22.9 Å². The van der Waals surface area contributed by atoms with Crippen LogP contribution in [-0.2, 0) is 9.59 Å². The van der Waals surface area contributed by atoms with Gasteiger partial charge in [-0.3, -0.25) is 14.9 Å². The lowest BCUT2D eigenvalue weighted by Gasteiger charge is -2.26. The number of urea groups is 1. The molecule has 0 radical (unpaired) electrons. The van der Waals surface area contributed by atoms with Crippen molar-refractivity contribution < 1.29 is 23.2 Å². The average molecular weight is 369 g/mol. The minimum atomic E-state index is -0.996. The molecule has 0 atom stereocenters. The van der Waals surface area contributed by atoms with Crippen LogP contribution in [0.25, 0.3) is 6.08 Å². The Morgan fingerprint density at radius 1 is 1.04 bits per heavy atom. The number of hydrogen-bond acceptors (Lipinski definition) is 5. The first-order valence-electron chi connectivity index (χ1n) is 8.55. The summed E-state index contributed by atoms with van der Waals surface area (Å²) in [4.78, 5) is 39.6.